The molecule has 5 heteroatoms. The summed E-state index contributed by atoms with van der Waals surface area (Å²) in [6, 6.07) is 7.35. The Hall–Kier alpha value is -1.59. The molecule has 0 spiro atoms. The first-order chi connectivity index (χ1) is 10.0. The third-order valence-electron chi connectivity index (χ3n) is 3.29. The predicted octanol–water partition coefficient (Wildman–Crippen LogP) is 2.16. The summed E-state index contributed by atoms with van der Waals surface area (Å²) in [6.07, 6.45) is 1.58. The molecule has 0 aliphatic heterocycles. The normalized spacial score (nSPS) is 13.5. The number of carbonyl (C=O) groups is 1. The van der Waals surface area contributed by atoms with E-state index in [0.29, 0.717) is 25.1 Å². The average molecular weight is 294 g/mol. The van der Waals surface area contributed by atoms with Crippen LogP contribution in [0.5, 0.6) is 5.75 Å². The topological polar surface area (TPSA) is 70.6 Å². The lowest BCUT2D eigenvalue weighted by Crippen LogP contribution is -2.32. The van der Waals surface area contributed by atoms with Crippen molar-refractivity contribution < 1.29 is 14.6 Å². The highest BCUT2D eigenvalue weighted by atomic mass is 16.5. The van der Waals surface area contributed by atoms with Crippen LogP contribution in [0.15, 0.2) is 24.3 Å². The SMILES string of the molecule is CCC(O)CCNC(C)CC(=O)Nc1cccc(OC)c1. The minimum absolute atomic E-state index is 0.0423. The van der Waals surface area contributed by atoms with Crippen molar-refractivity contribution in [3.05, 3.63) is 24.3 Å². The van der Waals surface area contributed by atoms with Gasteiger partial charge in [-0.15, -0.1) is 0 Å². The van der Waals surface area contributed by atoms with E-state index in [1.165, 1.54) is 0 Å². The molecule has 1 rings (SSSR count). The van der Waals surface area contributed by atoms with Crippen molar-refractivity contribution in [1.29, 1.82) is 0 Å². The largest absolute Gasteiger partial charge is 0.497 e. The highest BCUT2D eigenvalue weighted by Crippen LogP contribution is 2.16. The first-order valence-electron chi connectivity index (χ1n) is 7.40. The predicted molar refractivity (Wildman–Crippen MR) is 84.6 cm³/mol. The van der Waals surface area contributed by atoms with Crippen molar-refractivity contribution in [3.63, 3.8) is 0 Å². The van der Waals surface area contributed by atoms with Gasteiger partial charge in [-0.3, -0.25) is 4.79 Å². The number of ether oxygens (including phenoxy) is 1. The van der Waals surface area contributed by atoms with Crippen molar-refractivity contribution in [2.24, 2.45) is 0 Å². The van der Waals surface area contributed by atoms with Gasteiger partial charge in [0.05, 0.1) is 13.2 Å². The molecule has 0 aliphatic carbocycles. The van der Waals surface area contributed by atoms with Crippen molar-refractivity contribution in [2.45, 2.75) is 45.3 Å². The number of nitrogens with one attached hydrogen (secondary N) is 2. The molecule has 2 atom stereocenters. The number of aliphatic hydroxyl groups excluding tert-OH is 1. The lowest BCUT2D eigenvalue weighted by Gasteiger charge is -2.15. The molecule has 1 aromatic carbocycles. The van der Waals surface area contributed by atoms with Gasteiger partial charge in [-0.2, -0.15) is 0 Å². The van der Waals surface area contributed by atoms with E-state index < -0.39 is 0 Å². The molecule has 0 aromatic heterocycles. The van der Waals surface area contributed by atoms with E-state index in [0.717, 1.165) is 12.1 Å². The smallest absolute Gasteiger partial charge is 0.225 e. The van der Waals surface area contributed by atoms with Gasteiger partial charge in [-0.1, -0.05) is 13.0 Å². The molecule has 3 N–H and O–H groups in total. The van der Waals surface area contributed by atoms with Crippen molar-refractivity contribution in [1.82, 2.24) is 5.32 Å². The zero-order chi connectivity index (χ0) is 15.7. The zero-order valence-electron chi connectivity index (χ0n) is 13.1. The van der Waals surface area contributed by atoms with Gasteiger partial charge < -0.3 is 20.5 Å². The Morgan fingerprint density at radius 2 is 2.19 bits per heavy atom. The maximum Gasteiger partial charge on any atom is 0.225 e. The van der Waals surface area contributed by atoms with Crippen molar-refractivity contribution >= 4 is 11.6 Å². The molecule has 0 heterocycles. The summed E-state index contributed by atoms with van der Waals surface area (Å²) < 4.78 is 5.12. The molecule has 0 saturated heterocycles. The molecule has 2 unspecified atom stereocenters. The molecule has 0 radical (unpaired) electrons. The minimum Gasteiger partial charge on any atom is -0.497 e. The van der Waals surface area contributed by atoms with Crippen molar-refractivity contribution in [3.8, 4) is 5.75 Å². The van der Waals surface area contributed by atoms with Crippen LogP contribution >= 0.6 is 0 Å². The Balaban J connectivity index is 2.32. The lowest BCUT2D eigenvalue weighted by atomic mass is 10.1. The molecule has 0 saturated carbocycles. The number of hydrogen-bond acceptors (Lipinski definition) is 4. The number of anilines is 1. The van der Waals surface area contributed by atoms with E-state index >= 15 is 0 Å². The van der Waals surface area contributed by atoms with Gasteiger partial charge in [0.25, 0.3) is 0 Å². The van der Waals surface area contributed by atoms with E-state index in [1.54, 1.807) is 13.2 Å². The fourth-order valence-electron chi connectivity index (χ4n) is 1.96. The number of hydrogen-bond donors (Lipinski definition) is 3. The monoisotopic (exact) mass is 294 g/mol. The van der Waals surface area contributed by atoms with Gasteiger partial charge in [-0.25, -0.2) is 0 Å². The highest BCUT2D eigenvalue weighted by Gasteiger charge is 2.10. The summed E-state index contributed by atoms with van der Waals surface area (Å²) in [6.45, 7) is 4.63. The van der Waals surface area contributed by atoms with Crippen LogP contribution in [0.2, 0.25) is 0 Å². The minimum atomic E-state index is -0.268. The van der Waals surface area contributed by atoms with Crippen LogP contribution in [0.25, 0.3) is 0 Å². The number of benzene rings is 1. The number of rotatable bonds is 9. The standard InChI is InChI=1S/C16H26N2O3/c1-4-14(19)8-9-17-12(2)10-16(20)18-13-6-5-7-15(11-13)21-3/h5-7,11-12,14,17,19H,4,8-10H2,1-3H3,(H,18,20). The third kappa shape index (κ3) is 7.11. The lowest BCUT2D eigenvalue weighted by molar-refractivity contribution is -0.116. The van der Waals surface area contributed by atoms with Crippen LogP contribution in [0.1, 0.15) is 33.1 Å². The second-order valence-electron chi connectivity index (χ2n) is 5.19. The molecule has 118 valence electrons. The summed E-state index contributed by atoms with van der Waals surface area (Å²) in [5, 5.41) is 15.6. The van der Waals surface area contributed by atoms with E-state index in [2.05, 4.69) is 10.6 Å². The van der Waals surface area contributed by atoms with E-state index in [1.807, 2.05) is 32.0 Å². The van der Waals surface area contributed by atoms with Gasteiger partial charge >= 0.3 is 0 Å². The van der Waals surface area contributed by atoms with Crippen LogP contribution in [0.4, 0.5) is 5.69 Å². The maximum absolute atomic E-state index is 11.9. The number of aliphatic hydroxyl groups is 1. The Morgan fingerprint density at radius 3 is 2.86 bits per heavy atom. The summed E-state index contributed by atoms with van der Waals surface area (Å²) in [5.74, 6) is 0.673. The summed E-state index contributed by atoms with van der Waals surface area (Å²) in [5.41, 5.74) is 0.730. The van der Waals surface area contributed by atoms with E-state index in [-0.39, 0.29) is 18.1 Å². The van der Waals surface area contributed by atoms with Gasteiger partial charge in [0, 0.05) is 24.2 Å². The Kier molecular flexibility index (Phi) is 7.79. The molecule has 0 bridgehead atoms. The fraction of sp³-hybridized carbons (Fsp3) is 0.562. The van der Waals surface area contributed by atoms with Gasteiger partial charge in [0.15, 0.2) is 0 Å². The van der Waals surface area contributed by atoms with Gasteiger partial charge in [0.1, 0.15) is 5.75 Å². The highest BCUT2D eigenvalue weighted by molar-refractivity contribution is 5.91. The number of carbonyl (C=O) groups excluding carboxylic acids is 1. The quantitative estimate of drug-likeness (QED) is 0.653. The fourth-order valence-corrected chi connectivity index (χ4v) is 1.96. The molecular formula is C16H26N2O3. The van der Waals surface area contributed by atoms with Crippen LogP contribution < -0.4 is 15.4 Å². The van der Waals surface area contributed by atoms with E-state index in [4.69, 9.17) is 4.74 Å². The van der Waals surface area contributed by atoms with Crippen molar-refractivity contribution in [2.75, 3.05) is 19.0 Å². The summed E-state index contributed by atoms with van der Waals surface area (Å²) >= 11 is 0. The Bertz CT molecular complexity index is 437. The molecule has 21 heavy (non-hydrogen) atoms. The first kappa shape index (κ1) is 17.5. The van der Waals surface area contributed by atoms with Crippen LogP contribution in [0, 0.1) is 0 Å². The molecular weight excluding hydrogens is 268 g/mol. The van der Waals surface area contributed by atoms with Gasteiger partial charge in [-0.05, 0) is 38.4 Å². The first-order valence-corrected chi connectivity index (χ1v) is 7.40. The third-order valence-corrected chi connectivity index (χ3v) is 3.29. The number of methoxy groups -OCH3 is 1. The summed E-state index contributed by atoms with van der Waals surface area (Å²) in [4.78, 5) is 11.9. The molecule has 1 aromatic rings. The molecule has 1 amide bonds. The Labute approximate surface area is 126 Å². The van der Waals surface area contributed by atoms with Crippen LogP contribution in [-0.4, -0.2) is 36.8 Å². The summed E-state index contributed by atoms with van der Waals surface area (Å²) in [7, 11) is 1.59. The maximum atomic E-state index is 11.9. The second kappa shape index (κ2) is 9.37. The average Bonchev–Trinajstić information content (AvgIpc) is 2.46. The number of amides is 1. The molecule has 5 nitrogen and oxygen atoms in total. The zero-order valence-corrected chi connectivity index (χ0v) is 13.1. The van der Waals surface area contributed by atoms with Crippen LogP contribution in [0.3, 0.4) is 0 Å². The second-order valence-corrected chi connectivity index (χ2v) is 5.19. The van der Waals surface area contributed by atoms with Gasteiger partial charge in [0.2, 0.25) is 5.91 Å². The van der Waals surface area contributed by atoms with E-state index in [9.17, 15) is 9.90 Å². The molecule has 0 fully saturated rings. The molecule has 0 aliphatic rings. The Morgan fingerprint density at radius 1 is 1.43 bits per heavy atom. The van der Waals surface area contributed by atoms with Crippen LogP contribution in [-0.2, 0) is 4.79 Å².